The molecular weight excluding hydrogens is 380 g/mol. The highest BCUT2D eigenvalue weighted by Crippen LogP contribution is 2.33. The molecule has 0 aliphatic carbocycles. The molecule has 146 valence electrons. The molecule has 0 aliphatic heterocycles. The number of benzene rings is 3. The fourth-order valence-electron chi connectivity index (χ4n) is 3.33. The molecule has 1 heterocycles. The Morgan fingerprint density at radius 3 is 2.24 bits per heavy atom. The van der Waals surface area contributed by atoms with Crippen LogP contribution in [0.4, 0.5) is 5.69 Å². The number of nitrogens with zero attached hydrogens (tertiary/aromatic N) is 1. The third-order valence-electron chi connectivity index (χ3n) is 4.98. The van der Waals surface area contributed by atoms with Crippen molar-refractivity contribution in [1.82, 2.24) is 4.98 Å². The predicted molar refractivity (Wildman–Crippen MR) is 117 cm³/mol. The van der Waals surface area contributed by atoms with Gasteiger partial charge < -0.3 is 5.32 Å². The van der Waals surface area contributed by atoms with Crippen LogP contribution in [0.3, 0.4) is 0 Å². The summed E-state index contributed by atoms with van der Waals surface area (Å²) < 4.78 is 26.9. The third-order valence-corrected chi connectivity index (χ3v) is 6.77. The molecule has 5 heteroatoms. The van der Waals surface area contributed by atoms with Crippen LogP contribution in [0, 0.1) is 0 Å². The zero-order chi connectivity index (χ0) is 20.3. The van der Waals surface area contributed by atoms with Crippen LogP contribution in [0.1, 0.15) is 18.1 Å². The lowest BCUT2D eigenvalue weighted by atomic mass is 10.1. The smallest absolute Gasteiger partial charge is 0.210 e. The molecule has 0 bridgehead atoms. The van der Waals surface area contributed by atoms with Gasteiger partial charge >= 0.3 is 0 Å². The zero-order valence-corrected chi connectivity index (χ0v) is 17.0. The summed E-state index contributed by atoms with van der Waals surface area (Å²) in [6.45, 7) is 2.56. The minimum atomic E-state index is -3.72. The minimum absolute atomic E-state index is 0.191. The van der Waals surface area contributed by atoms with E-state index in [1.54, 1.807) is 12.1 Å². The summed E-state index contributed by atoms with van der Waals surface area (Å²) in [6, 6.07) is 24.5. The number of sulfone groups is 1. The normalized spacial score (nSPS) is 11.5. The summed E-state index contributed by atoms with van der Waals surface area (Å²) in [5.74, 6) is 0. The largest absolute Gasteiger partial charge is 0.379 e. The van der Waals surface area contributed by atoms with Gasteiger partial charge in [0.25, 0.3) is 0 Å². The number of hydrogen-bond donors (Lipinski definition) is 1. The molecule has 0 radical (unpaired) electrons. The van der Waals surface area contributed by atoms with Gasteiger partial charge in [0.15, 0.2) is 0 Å². The van der Waals surface area contributed by atoms with Gasteiger partial charge in [0.1, 0.15) is 4.90 Å². The number of pyridine rings is 1. The van der Waals surface area contributed by atoms with E-state index >= 15 is 0 Å². The fourth-order valence-corrected chi connectivity index (χ4v) is 4.72. The van der Waals surface area contributed by atoms with Crippen molar-refractivity contribution in [2.45, 2.75) is 29.7 Å². The fraction of sp³-hybridized carbons (Fsp3) is 0.125. The highest BCUT2D eigenvalue weighted by Gasteiger charge is 2.23. The van der Waals surface area contributed by atoms with E-state index < -0.39 is 9.84 Å². The lowest BCUT2D eigenvalue weighted by molar-refractivity contribution is 0.596. The second kappa shape index (κ2) is 8.05. The molecule has 0 amide bonds. The van der Waals surface area contributed by atoms with E-state index in [0.717, 1.165) is 28.5 Å². The summed E-state index contributed by atoms with van der Waals surface area (Å²) in [5.41, 5.74) is 3.51. The van der Waals surface area contributed by atoms with Crippen LogP contribution in [-0.4, -0.2) is 13.4 Å². The van der Waals surface area contributed by atoms with E-state index in [2.05, 4.69) is 10.3 Å². The average Bonchev–Trinajstić information content (AvgIpc) is 2.78. The number of hydrogen-bond acceptors (Lipinski definition) is 4. The summed E-state index contributed by atoms with van der Waals surface area (Å²) in [4.78, 5) is 4.87. The average molecular weight is 403 g/mol. The van der Waals surface area contributed by atoms with Gasteiger partial charge in [-0.3, -0.25) is 4.98 Å². The Morgan fingerprint density at radius 1 is 0.828 bits per heavy atom. The monoisotopic (exact) mass is 402 g/mol. The van der Waals surface area contributed by atoms with Crippen LogP contribution in [0.15, 0.2) is 94.9 Å². The van der Waals surface area contributed by atoms with Gasteiger partial charge in [-0.2, -0.15) is 0 Å². The number of aryl methyl sites for hydroxylation is 1. The Kier molecular flexibility index (Phi) is 5.32. The first-order chi connectivity index (χ1) is 14.1. The Bertz CT molecular complexity index is 1240. The number of aromatic nitrogens is 1. The van der Waals surface area contributed by atoms with E-state index in [1.165, 1.54) is 6.20 Å². The number of fused-ring (bicyclic) bond motifs is 1. The van der Waals surface area contributed by atoms with Gasteiger partial charge in [-0.25, -0.2) is 8.42 Å². The number of rotatable bonds is 6. The Hall–Kier alpha value is -3.18. The van der Waals surface area contributed by atoms with Gasteiger partial charge in [0.05, 0.1) is 16.1 Å². The molecule has 29 heavy (non-hydrogen) atoms. The van der Waals surface area contributed by atoms with Gasteiger partial charge in [-0.05, 0) is 35.7 Å². The summed E-state index contributed by atoms with van der Waals surface area (Å²) >= 11 is 0. The van der Waals surface area contributed by atoms with E-state index in [4.69, 9.17) is 0 Å². The molecule has 4 aromatic rings. The molecule has 0 aliphatic rings. The van der Waals surface area contributed by atoms with Crippen LogP contribution >= 0.6 is 0 Å². The summed E-state index contributed by atoms with van der Waals surface area (Å²) in [5, 5.41) is 4.14. The van der Waals surface area contributed by atoms with Crippen molar-refractivity contribution in [1.29, 1.82) is 0 Å². The van der Waals surface area contributed by atoms with Gasteiger partial charge in [-0.15, -0.1) is 0 Å². The van der Waals surface area contributed by atoms with Crippen LogP contribution in [0.2, 0.25) is 0 Å². The topological polar surface area (TPSA) is 59.1 Å². The Labute approximate surface area is 171 Å². The second-order valence-corrected chi connectivity index (χ2v) is 8.77. The predicted octanol–water partition coefficient (Wildman–Crippen LogP) is 5.24. The molecule has 0 unspecified atom stereocenters. The quantitative estimate of drug-likeness (QED) is 0.479. The molecule has 1 aromatic heterocycles. The maximum absolute atomic E-state index is 13.4. The van der Waals surface area contributed by atoms with E-state index in [-0.39, 0.29) is 9.79 Å². The van der Waals surface area contributed by atoms with Crippen LogP contribution in [0.25, 0.3) is 10.9 Å². The maximum Gasteiger partial charge on any atom is 0.210 e. The molecule has 0 saturated heterocycles. The van der Waals surface area contributed by atoms with Crippen LogP contribution in [-0.2, 0) is 22.8 Å². The third kappa shape index (κ3) is 3.87. The minimum Gasteiger partial charge on any atom is -0.379 e. The molecule has 1 N–H and O–H groups in total. The highest BCUT2D eigenvalue weighted by molar-refractivity contribution is 7.91. The molecule has 4 nitrogen and oxygen atoms in total. The Balaban J connectivity index is 1.82. The number of nitrogens with one attached hydrogen (secondary N) is 1. The second-order valence-electron chi connectivity index (χ2n) is 6.85. The molecule has 0 atom stereocenters. The van der Waals surface area contributed by atoms with Crippen molar-refractivity contribution >= 4 is 26.4 Å². The van der Waals surface area contributed by atoms with Gasteiger partial charge in [0.2, 0.25) is 9.84 Å². The zero-order valence-electron chi connectivity index (χ0n) is 16.2. The molecule has 0 spiro atoms. The lowest BCUT2D eigenvalue weighted by Gasteiger charge is -2.15. The van der Waals surface area contributed by atoms with Crippen molar-refractivity contribution < 1.29 is 8.42 Å². The standard InChI is InChI=1S/C24H22N2O2S/c1-2-18-12-14-20(15-13-18)29(27,28)23-17-25-22-11-7-6-10-21(22)24(23)26-16-19-8-4-3-5-9-19/h3-15,17H,2,16H2,1H3,(H,25,26). The van der Waals surface area contributed by atoms with Crippen molar-refractivity contribution in [2.24, 2.45) is 0 Å². The Morgan fingerprint density at radius 2 is 1.52 bits per heavy atom. The van der Waals surface area contributed by atoms with Crippen LogP contribution < -0.4 is 5.32 Å². The first kappa shape index (κ1) is 19.2. The molecule has 3 aromatic carbocycles. The van der Waals surface area contributed by atoms with Crippen LogP contribution in [0.5, 0.6) is 0 Å². The van der Waals surface area contributed by atoms with Crippen molar-refractivity contribution in [2.75, 3.05) is 5.32 Å². The van der Waals surface area contributed by atoms with E-state index in [0.29, 0.717) is 12.2 Å². The summed E-state index contributed by atoms with van der Waals surface area (Å²) in [6.07, 6.45) is 2.32. The molecule has 0 fully saturated rings. The van der Waals surface area contributed by atoms with Gasteiger partial charge in [0, 0.05) is 18.1 Å². The SMILES string of the molecule is CCc1ccc(S(=O)(=O)c2cnc3ccccc3c2NCc2ccccc2)cc1. The van der Waals surface area contributed by atoms with E-state index in [9.17, 15) is 8.42 Å². The first-order valence-electron chi connectivity index (χ1n) is 9.59. The lowest BCUT2D eigenvalue weighted by Crippen LogP contribution is -2.09. The van der Waals surface area contributed by atoms with Crippen molar-refractivity contribution in [3.63, 3.8) is 0 Å². The first-order valence-corrected chi connectivity index (χ1v) is 11.1. The van der Waals surface area contributed by atoms with Crippen molar-refractivity contribution in [3.8, 4) is 0 Å². The molecule has 0 saturated carbocycles. The molecular formula is C24H22N2O2S. The van der Waals surface area contributed by atoms with Crippen molar-refractivity contribution in [3.05, 3.63) is 96.2 Å². The maximum atomic E-state index is 13.4. The summed E-state index contributed by atoms with van der Waals surface area (Å²) in [7, 11) is -3.72. The number of anilines is 1. The van der Waals surface area contributed by atoms with Gasteiger partial charge in [-0.1, -0.05) is 67.6 Å². The highest BCUT2D eigenvalue weighted by atomic mass is 32.2. The number of para-hydroxylation sites is 1. The van der Waals surface area contributed by atoms with E-state index in [1.807, 2.05) is 73.7 Å². The molecule has 4 rings (SSSR count).